The fraction of sp³-hybridized carbons (Fsp3) is 0.158. The molecule has 0 aliphatic heterocycles. The number of nitrogens with one attached hydrogen (secondary N) is 1. The van der Waals surface area contributed by atoms with Gasteiger partial charge < -0.3 is 24.6 Å². The number of rotatable bonds is 7. The van der Waals surface area contributed by atoms with Gasteiger partial charge in [-0.2, -0.15) is 0 Å². The number of benzene rings is 2. The first-order valence-corrected chi connectivity index (χ1v) is 8.16. The predicted octanol–water partition coefficient (Wildman–Crippen LogP) is 3.27. The number of ether oxygens (including phenoxy) is 3. The van der Waals surface area contributed by atoms with Gasteiger partial charge in [-0.15, -0.1) is 0 Å². The number of hydrogen-bond donors (Lipinski definition) is 2. The van der Waals surface area contributed by atoms with E-state index in [1.54, 1.807) is 42.5 Å². The van der Waals surface area contributed by atoms with E-state index < -0.39 is 11.9 Å². The van der Waals surface area contributed by atoms with Gasteiger partial charge in [0.05, 0.1) is 26.9 Å². The van der Waals surface area contributed by atoms with Gasteiger partial charge in [-0.25, -0.2) is 9.59 Å². The fourth-order valence-electron chi connectivity index (χ4n) is 2.10. The molecule has 0 atom stereocenters. The Balaban J connectivity index is 2.25. The lowest BCUT2D eigenvalue weighted by Crippen LogP contribution is -2.15. The Labute approximate surface area is 161 Å². The SMILES string of the molecule is COC(=O)/C=C(/Nc1ccc(Oc2ccc(Cl)cc2)c(CO)c1)C(=O)OC. The number of carbonyl (C=O) groups is 2. The Morgan fingerprint density at radius 1 is 1.11 bits per heavy atom. The number of aliphatic hydroxyl groups is 1. The molecule has 7 nitrogen and oxygen atoms in total. The molecule has 142 valence electrons. The summed E-state index contributed by atoms with van der Waals surface area (Å²) in [4.78, 5) is 23.2. The largest absolute Gasteiger partial charge is 0.466 e. The number of aliphatic hydroxyl groups excluding tert-OH is 1. The van der Waals surface area contributed by atoms with Crippen LogP contribution in [0, 0.1) is 0 Å². The van der Waals surface area contributed by atoms with Gasteiger partial charge >= 0.3 is 11.9 Å². The molecular formula is C19H18ClNO6. The van der Waals surface area contributed by atoms with Crippen LogP contribution in [0.2, 0.25) is 5.02 Å². The Hall–Kier alpha value is -3.03. The summed E-state index contributed by atoms with van der Waals surface area (Å²) in [6, 6.07) is 11.6. The van der Waals surface area contributed by atoms with Gasteiger partial charge in [-0.3, -0.25) is 0 Å². The van der Waals surface area contributed by atoms with E-state index in [0.717, 1.165) is 6.08 Å². The van der Waals surface area contributed by atoms with Crippen molar-refractivity contribution in [3.05, 3.63) is 64.8 Å². The molecule has 2 aromatic carbocycles. The molecule has 0 fully saturated rings. The number of methoxy groups -OCH3 is 2. The van der Waals surface area contributed by atoms with Crippen LogP contribution in [0.15, 0.2) is 54.2 Å². The monoisotopic (exact) mass is 391 g/mol. The van der Waals surface area contributed by atoms with E-state index in [2.05, 4.69) is 14.8 Å². The second-order valence-electron chi connectivity index (χ2n) is 5.23. The van der Waals surface area contributed by atoms with E-state index in [0.29, 0.717) is 27.8 Å². The van der Waals surface area contributed by atoms with Crippen molar-refractivity contribution < 1.29 is 28.9 Å². The minimum Gasteiger partial charge on any atom is -0.466 e. The molecule has 8 heteroatoms. The molecule has 0 radical (unpaired) electrons. The van der Waals surface area contributed by atoms with Crippen molar-refractivity contribution in [1.29, 1.82) is 0 Å². The highest BCUT2D eigenvalue weighted by Gasteiger charge is 2.14. The maximum atomic E-state index is 11.8. The second kappa shape index (κ2) is 9.61. The van der Waals surface area contributed by atoms with Crippen LogP contribution in [-0.4, -0.2) is 31.3 Å². The fourth-order valence-corrected chi connectivity index (χ4v) is 2.22. The molecule has 0 heterocycles. The second-order valence-corrected chi connectivity index (χ2v) is 5.67. The molecule has 0 saturated carbocycles. The summed E-state index contributed by atoms with van der Waals surface area (Å²) in [5.41, 5.74) is 0.805. The van der Waals surface area contributed by atoms with Gasteiger partial charge in [-0.05, 0) is 42.5 Å². The zero-order valence-corrected chi connectivity index (χ0v) is 15.4. The van der Waals surface area contributed by atoms with E-state index in [-0.39, 0.29) is 12.3 Å². The zero-order chi connectivity index (χ0) is 19.8. The van der Waals surface area contributed by atoms with Crippen LogP contribution < -0.4 is 10.1 Å². The van der Waals surface area contributed by atoms with Crippen molar-refractivity contribution in [2.75, 3.05) is 19.5 Å². The van der Waals surface area contributed by atoms with Crippen molar-refractivity contribution in [1.82, 2.24) is 0 Å². The molecule has 0 saturated heterocycles. The molecule has 0 bridgehead atoms. The summed E-state index contributed by atoms with van der Waals surface area (Å²) >= 11 is 5.85. The van der Waals surface area contributed by atoms with E-state index in [1.807, 2.05) is 0 Å². The van der Waals surface area contributed by atoms with Crippen molar-refractivity contribution >= 4 is 29.2 Å². The van der Waals surface area contributed by atoms with Gasteiger partial charge in [0.2, 0.25) is 0 Å². The molecule has 0 aliphatic carbocycles. The number of halogens is 1. The highest BCUT2D eigenvalue weighted by Crippen LogP contribution is 2.29. The molecule has 2 aromatic rings. The molecule has 2 N–H and O–H groups in total. The normalized spacial score (nSPS) is 10.9. The van der Waals surface area contributed by atoms with Crippen LogP contribution in [0.5, 0.6) is 11.5 Å². The maximum Gasteiger partial charge on any atom is 0.354 e. The molecule has 0 aromatic heterocycles. The molecule has 0 amide bonds. The Kier molecular flexibility index (Phi) is 7.22. The van der Waals surface area contributed by atoms with Crippen LogP contribution >= 0.6 is 11.6 Å². The van der Waals surface area contributed by atoms with E-state index in [1.165, 1.54) is 14.2 Å². The smallest absolute Gasteiger partial charge is 0.354 e. The van der Waals surface area contributed by atoms with Crippen molar-refractivity contribution in [2.24, 2.45) is 0 Å². The molecule has 0 unspecified atom stereocenters. The summed E-state index contributed by atoms with van der Waals surface area (Å²) in [7, 11) is 2.39. The van der Waals surface area contributed by atoms with Gasteiger partial charge in [0.15, 0.2) is 0 Å². The Morgan fingerprint density at radius 3 is 2.41 bits per heavy atom. The first-order chi connectivity index (χ1) is 13.0. The van der Waals surface area contributed by atoms with E-state index in [4.69, 9.17) is 16.3 Å². The van der Waals surface area contributed by atoms with Gasteiger partial charge in [-0.1, -0.05) is 11.6 Å². The van der Waals surface area contributed by atoms with Gasteiger partial charge in [0.25, 0.3) is 0 Å². The predicted molar refractivity (Wildman–Crippen MR) is 99.6 cm³/mol. The summed E-state index contributed by atoms with van der Waals surface area (Å²) in [6.45, 7) is -0.299. The number of carbonyl (C=O) groups excluding carboxylic acids is 2. The Bertz CT molecular complexity index is 848. The third-order valence-corrected chi connectivity index (χ3v) is 3.67. The molecule has 0 aliphatic rings. The van der Waals surface area contributed by atoms with Crippen molar-refractivity contribution in [3.8, 4) is 11.5 Å². The third kappa shape index (κ3) is 5.73. The van der Waals surface area contributed by atoms with E-state index >= 15 is 0 Å². The molecule has 0 spiro atoms. The lowest BCUT2D eigenvalue weighted by molar-refractivity contribution is -0.138. The van der Waals surface area contributed by atoms with Crippen LogP contribution in [0.1, 0.15) is 5.56 Å². The lowest BCUT2D eigenvalue weighted by Gasteiger charge is -2.14. The average molecular weight is 392 g/mol. The van der Waals surface area contributed by atoms with Gasteiger partial charge in [0, 0.05) is 16.3 Å². The molecule has 27 heavy (non-hydrogen) atoms. The van der Waals surface area contributed by atoms with Gasteiger partial charge in [0.1, 0.15) is 17.2 Å². The van der Waals surface area contributed by atoms with E-state index in [9.17, 15) is 14.7 Å². The number of esters is 2. The number of anilines is 1. The molecular weight excluding hydrogens is 374 g/mol. The summed E-state index contributed by atoms with van der Waals surface area (Å²) in [5.74, 6) is -0.474. The van der Waals surface area contributed by atoms with Crippen LogP contribution in [0.3, 0.4) is 0 Å². The lowest BCUT2D eigenvalue weighted by atomic mass is 10.1. The van der Waals surface area contributed by atoms with Crippen LogP contribution in [0.25, 0.3) is 0 Å². The number of hydrogen-bond acceptors (Lipinski definition) is 7. The van der Waals surface area contributed by atoms with Crippen molar-refractivity contribution in [2.45, 2.75) is 6.61 Å². The molecule has 2 rings (SSSR count). The zero-order valence-electron chi connectivity index (χ0n) is 14.7. The summed E-state index contributed by atoms with van der Waals surface area (Å²) in [5, 5.41) is 13.0. The highest BCUT2D eigenvalue weighted by molar-refractivity contribution is 6.30. The first kappa shape index (κ1) is 20.3. The van der Waals surface area contributed by atoms with Crippen molar-refractivity contribution in [3.63, 3.8) is 0 Å². The standard InChI is InChI=1S/C19H18ClNO6/c1-25-18(23)10-16(19(24)26-2)21-14-5-8-17(12(9-14)11-22)27-15-6-3-13(20)4-7-15/h3-10,21-22H,11H2,1-2H3/b16-10+. The Morgan fingerprint density at radius 2 is 1.81 bits per heavy atom. The minimum absolute atomic E-state index is 0.111. The summed E-state index contributed by atoms with van der Waals surface area (Å²) in [6.07, 6.45) is 0.975. The quantitative estimate of drug-likeness (QED) is 0.552. The average Bonchev–Trinajstić information content (AvgIpc) is 2.69. The highest BCUT2D eigenvalue weighted by atomic mass is 35.5. The third-order valence-electron chi connectivity index (χ3n) is 3.42. The van der Waals surface area contributed by atoms with Crippen LogP contribution in [0.4, 0.5) is 5.69 Å². The maximum absolute atomic E-state index is 11.8. The minimum atomic E-state index is -0.743. The van der Waals surface area contributed by atoms with Crippen LogP contribution in [-0.2, 0) is 25.7 Å². The topological polar surface area (TPSA) is 94.1 Å². The first-order valence-electron chi connectivity index (χ1n) is 7.79. The summed E-state index contributed by atoms with van der Waals surface area (Å²) < 4.78 is 14.9.